The molecule has 0 unspecified atom stereocenters. The van der Waals surface area contributed by atoms with E-state index in [4.69, 9.17) is 9.47 Å². The van der Waals surface area contributed by atoms with Gasteiger partial charge >= 0.3 is 0 Å². The third kappa shape index (κ3) is 3.67. The van der Waals surface area contributed by atoms with Crippen molar-refractivity contribution in [3.63, 3.8) is 0 Å². The molecule has 0 aliphatic carbocycles. The summed E-state index contributed by atoms with van der Waals surface area (Å²) in [6.07, 6.45) is 0.727. The van der Waals surface area contributed by atoms with Crippen LogP contribution in [0.4, 0.5) is 4.39 Å². The van der Waals surface area contributed by atoms with Gasteiger partial charge in [0.1, 0.15) is 5.82 Å². The Morgan fingerprint density at radius 1 is 1.03 bits per heavy atom. The van der Waals surface area contributed by atoms with Gasteiger partial charge in [-0.2, -0.15) is 0 Å². The summed E-state index contributed by atoms with van der Waals surface area (Å²) in [7, 11) is 3.05. The Morgan fingerprint density at radius 3 is 2.47 bits per heavy atom. The molecule has 0 saturated heterocycles. The molecule has 0 spiro atoms. The minimum atomic E-state index is -0.644. The van der Waals surface area contributed by atoms with E-state index in [1.807, 2.05) is 18.2 Å². The van der Waals surface area contributed by atoms with Crippen LogP contribution in [0.2, 0.25) is 0 Å². The molecule has 0 aromatic heterocycles. The fraction of sp³-hybridized carbons (Fsp3) is 0.259. The summed E-state index contributed by atoms with van der Waals surface area (Å²) >= 11 is 0. The van der Waals surface area contributed by atoms with Crippen molar-refractivity contribution in [1.82, 2.24) is 10.2 Å². The summed E-state index contributed by atoms with van der Waals surface area (Å²) in [6.45, 7) is 0.774. The number of halogens is 1. The maximum absolute atomic E-state index is 13.7. The highest BCUT2D eigenvalue weighted by atomic mass is 19.1. The normalized spacial score (nSPS) is 18.4. The Morgan fingerprint density at radius 2 is 1.74 bits per heavy atom. The number of benzene rings is 3. The molecule has 2 aliphatic rings. The van der Waals surface area contributed by atoms with Gasteiger partial charge in [0.25, 0.3) is 5.91 Å². The predicted octanol–water partition coefficient (Wildman–Crippen LogP) is 4.00. The van der Waals surface area contributed by atoms with E-state index in [9.17, 15) is 14.0 Å². The molecule has 2 amide bonds. The average Bonchev–Trinajstić information content (AvgIpc) is 2.87. The fourth-order valence-electron chi connectivity index (χ4n) is 5.03. The van der Waals surface area contributed by atoms with Crippen LogP contribution in [0, 0.1) is 5.82 Å². The van der Waals surface area contributed by atoms with Gasteiger partial charge in [0.15, 0.2) is 11.5 Å². The van der Waals surface area contributed by atoms with Crippen LogP contribution in [-0.2, 0) is 17.8 Å². The van der Waals surface area contributed by atoms with Gasteiger partial charge in [-0.05, 0) is 52.9 Å². The second-order valence-corrected chi connectivity index (χ2v) is 8.51. The SMILES string of the molecule is COc1cc2c(cc1OC)[C@@H](C(=O)NCc1ccc(F)cc1)[C@H]1c3ccccc3CCN1C2=O. The first-order valence-corrected chi connectivity index (χ1v) is 11.2. The van der Waals surface area contributed by atoms with Gasteiger partial charge in [-0.3, -0.25) is 9.59 Å². The summed E-state index contributed by atoms with van der Waals surface area (Å²) in [5.74, 6) is -0.409. The number of nitrogens with zero attached hydrogens (tertiary/aromatic N) is 1. The first-order chi connectivity index (χ1) is 16.5. The topological polar surface area (TPSA) is 67.9 Å². The Kier molecular flexibility index (Phi) is 5.69. The standard InChI is InChI=1S/C27H25FN2O4/c1-33-22-13-20-21(14-23(22)34-2)27(32)30-12-11-17-5-3-4-6-19(17)25(30)24(20)26(31)29-15-16-7-9-18(28)10-8-16/h3-10,13-14,24-25H,11-12,15H2,1-2H3,(H,29,31)/t24-,25-/m1/s1. The summed E-state index contributed by atoms with van der Waals surface area (Å²) < 4.78 is 24.2. The largest absolute Gasteiger partial charge is 0.493 e. The number of ether oxygens (including phenoxy) is 2. The smallest absolute Gasteiger partial charge is 0.254 e. The molecule has 1 N–H and O–H groups in total. The van der Waals surface area contributed by atoms with Gasteiger partial charge < -0.3 is 19.7 Å². The van der Waals surface area contributed by atoms with E-state index in [1.54, 1.807) is 29.2 Å². The van der Waals surface area contributed by atoms with Gasteiger partial charge in [0.05, 0.1) is 26.2 Å². The second kappa shape index (κ2) is 8.82. The molecule has 34 heavy (non-hydrogen) atoms. The lowest BCUT2D eigenvalue weighted by Gasteiger charge is -2.45. The van der Waals surface area contributed by atoms with Crippen molar-refractivity contribution in [2.24, 2.45) is 0 Å². The van der Waals surface area contributed by atoms with Crippen molar-refractivity contribution in [3.8, 4) is 11.5 Å². The van der Waals surface area contributed by atoms with Crippen LogP contribution >= 0.6 is 0 Å². The Hall–Kier alpha value is -3.87. The minimum Gasteiger partial charge on any atom is -0.493 e. The molecule has 5 rings (SSSR count). The number of hydrogen-bond donors (Lipinski definition) is 1. The molecule has 2 heterocycles. The summed E-state index contributed by atoms with van der Waals surface area (Å²) in [4.78, 5) is 29.1. The molecule has 2 aliphatic heterocycles. The molecule has 6 nitrogen and oxygen atoms in total. The van der Waals surface area contributed by atoms with Crippen LogP contribution in [0.3, 0.4) is 0 Å². The molecule has 7 heteroatoms. The Labute approximate surface area is 197 Å². The maximum Gasteiger partial charge on any atom is 0.254 e. The molecular weight excluding hydrogens is 435 g/mol. The third-order valence-corrected chi connectivity index (χ3v) is 6.69. The zero-order valence-electron chi connectivity index (χ0n) is 19.0. The monoisotopic (exact) mass is 460 g/mol. The number of nitrogens with one attached hydrogen (secondary N) is 1. The Bertz CT molecular complexity index is 1260. The van der Waals surface area contributed by atoms with Gasteiger partial charge in [-0.25, -0.2) is 4.39 Å². The highest BCUT2D eigenvalue weighted by Crippen LogP contribution is 2.48. The van der Waals surface area contributed by atoms with Crippen LogP contribution in [0.15, 0.2) is 60.7 Å². The lowest BCUT2D eigenvalue weighted by atomic mass is 9.75. The van der Waals surface area contributed by atoms with E-state index in [0.717, 1.165) is 23.1 Å². The zero-order chi connectivity index (χ0) is 23.8. The fourth-order valence-corrected chi connectivity index (χ4v) is 5.03. The van der Waals surface area contributed by atoms with Crippen molar-refractivity contribution >= 4 is 11.8 Å². The maximum atomic E-state index is 13.7. The highest BCUT2D eigenvalue weighted by molar-refractivity contribution is 6.02. The van der Waals surface area contributed by atoms with Crippen molar-refractivity contribution in [2.45, 2.75) is 24.9 Å². The van der Waals surface area contributed by atoms with Gasteiger partial charge in [0.2, 0.25) is 5.91 Å². The van der Waals surface area contributed by atoms with Crippen molar-refractivity contribution in [2.75, 3.05) is 20.8 Å². The van der Waals surface area contributed by atoms with Crippen molar-refractivity contribution < 1.29 is 23.5 Å². The van der Waals surface area contributed by atoms with E-state index in [2.05, 4.69) is 11.4 Å². The van der Waals surface area contributed by atoms with E-state index in [1.165, 1.54) is 26.4 Å². The molecule has 2 atom stereocenters. The lowest BCUT2D eigenvalue weighted by Crippen LogP contribution is -2.50. The highest BCUT2D eigenvalue weighted by Gasteiger charge is 2.46. The molecule has 3 aromatic rings. The summed E-state index contributed by atoms with van der Waals surface area (Å²) in [6, 6.07) is 16.9. The van der Waals surface area contributed by atoms with Crippen LogP contribution in [0.25, 0.3) is 0 Å². The summed E-state index contributed by atoms with van der Waals surface area (Å²) in [5, 5.41) is 3.00. The average molecular weight is 461 g/mol. The van der Waals surface area contributed by atoms with Crippen molar-refractivity contribution in [1.29, 1.82) is 0 Å². The third-order valence-electron chi connectivity index (χ3n) is 6.69. The number of methoxy groups -OCH3 is 2. The van der Waals surface area contributed by atoms with Crippen LogP contribution < -0.4 is 14.8 Å². The number of amides is 2. The molecule has 0 fully saturated rings. The van der Waals surface area contributed by atoms with Crippen LogP contribution in [0.1, 0.15) is 44.6 Å². The Balaban J connectivity index is 1.60. The molecule has 174 valence electrons. The van der Waals surface area contributed by atoms with Gasteiger partial charge in [-0.1, -0.05) is 36.4 Å². The first-order valence-electron chi connectivity index (χ1n) is 11.2. The van der Waals surface area contributed by atoms with Gasteiger partial charge in [0, 0.05) is 18.7 Å². The van der Waals surface area contributed by atoms with E-state index in [-0.39, 0.29) is 24.2 Å². The molecule has 0 radical (unpaired) electrons. The van der Waals surface area contributed by atoms with E-state index >= 15 is 0 Å². The number of carbonyl (C=O) groups excluding carboxylic acids is 2. The van der Waals surface area contributed by atoms with E-state index in [0.29, 0.717) is 29.2 Å². The zero-order valence-corrected chi connectivity index (χ0v) is 19.0. The van der Waals surface area contributed by atoms with Crippen molar-refractivity contribution in [3.05, 3.63) is 94.3 Å². The second-order valence-electron chi connectivity index (χ2n) is 8.51. The summed E-state index contributed by atoms with van der Waals surface area (Å²) in [5.41, 5.74) is 3.95. The quantitative estimate of drug-likeness (QED) is 0.625. The molecule has 0 bridgehead atoms. The predicted molar refractivity (Wildman–Crippen MR) is 124 cm³/mol. The van der Waals surface area contributed by atoms with Crippen LogP contribution in [0.5, 0.6) is 11.5 Å². The van der Waals surface area contributed by atoms with Gasteiger partial charge in [-0.15, -0.1) is 0 Å². The number of hydrogen-bond acceptors (Lipinski definition) is 4. The molecular formula is C27H25FN2O4. The van der Waals surface area contributed by atoms with Crippen LogP contribution in [-0.4, -0.2) is 37.5 Å². The minimum absolute atomic E-state index is 0.127. The number of carbonyl (C=O) groups is 2. The molecule has 3 aromatic carbocycles. The number of fused-ring (bicyclic) bond motifs is 4. The lowest BCUT2D eigenvalue weighted by molar-refractivity contribution is -0.124. The molecule has 0 saturated carbocycles. The first kappa shape index (κ1) is 21.9. The number of rotatable bonds is 5. The van der Waals surface area contributed by atoms with E-state index < -0.39 is 12.0 Å².